The molecule has 0 amide bonds. The maximum absolute atomic E-state index is 13.7. The van der Waals surface area contributed by atoms with Crippen molar-refractivity contribution in [2.45, 2.75) is 59.2 Å². The van der Waals surface area contributed by atoms with Gasteiger partial charge in [-0.05, 0) is 83.5 Å². The topological polar surface area (TPSA) is 46.9 Å². The van der Waals surface area contributed by atoms with Crippen LogP contribution in [0.4, 0.5) is 4.39 Å². The standard InChI is InChI=1S/C30H32FN5/c1-29(2,3)33-26-23-12-8-10-14-25(23)36-27(34-30(4,5)6)22-11-7-9-13-24(22)32-28(36)35(26)19-20-15-17-21(31)18-16-20/h7-18H,19H2,1-6H3. The summed E-state index contributed by atoms with van der Waals surface area (Å²) >= 11 is 0. The number of hydrogen-bond acceptors (Lipinski definition) is 3. The molecule has 0 unspecified atom stereocenters. The summed E-state index contributed by atoms with van der Waals surface area (Å²) in [5.74, 6) is 0.485. The fourth-order valence-electron chi connectivity index (χ4n) is 4.42. The molecule has 5 rings (SSSR count). The second-order valence-electron chi connectivity index (χ2n) is 11.2. The maximum Gasteiger partial charge on any atom is 0.218 e. The van der Waals surface area contributed by atoms with Gasteiger partial charge in [0.2, 0.25) is 5.78 Å². The van der Waals surface area contributed by atoms with Crippen LogP contribution in [0.25, 0.3) is 27.6 Å². The van der Waals surface area contributed by atoms with Gasteiger partial charge in [0.1, 0.15) is 16.8 Å². The molecule has 5 nitrogen and oxygen atoms in total. The van der Waals surface area contributed by atoms with Crippen LogP contribution in [0.15, 0.2) is 82.8 Å². The van der Waals surface area contributed by atoms with Gasteiger partial charge in [0.15, 0.2) is 0 Å². The molecule has 2 aromatic heterocycles. The highest BCUT2D eigenvalue weighted by molar-refractivity contribution is 5.84. The van der Waals surface area contributed by atoms with Gasteiger partial charge in [-0.2, -0.15) is 0 Å². The first-order chi connectivity index (χ1) is 17.0. The molecule has 36 heavy (non-hydrogen) atoms. The van der Waals surface area contributed by atoms with E-state index in [1.54, 1.807) is 0 Å². The van der Waals surface area contributed by atoms with Crippen molar-refractivity contribution in [2.75, 3.05) is 0 Å². The molecule has 0 N–H and O–H groups in total. The summed E-state index contributed by atoms with van der Waals surface area (Å²) in [5, 5.41) is 2.00. The van der Waals surface area contributed by atoms with E-state index in [0.29, 0.717) is 6.54 Å². The van der Waals surface area contributed by atoms with E-state index in [4.69, 9.17) is 15.0 Å². The second kappa shape index (κ2) is 8.70. The minimum absolute atomic E-state index is 0.253. The van der Waals surface area contributed by atoms with Gasteiger partial charge in [0, 0.05) is 10.8 Å². The van der Waals surface area contributed by atoms with Gasteiger partial charge in [-0.15, -0.1) is 0 Å². The molecular formula is C30H32FN5. The summed E-state index contributed by atoms with van der Waals surface area (Å²) in [6.45, 7) is 13.1. The third-order valence-corrected chi connectivity index (χ3v) is 5.80. The van der Waals surface area contributed by atoms with Crippen molar-refractivity contribution in [2.24, 2.45) is 9.98 Å². The Morgan fingerprint density at radius 1 is 0.722 bits per heavy atom. The van der Waals surface area contributed by atoms with Crippen LogP contribution in [0, 0.1) is 5.82 Å². The molecule has 0 atom stereocenters. The number of nitrogens with zero attached hydrogens (tertiary/aromatic N) is 5. The molecule has 0 fully saturated rings. The number of hydrogen-bond donors (Lipinski definition) is 0. The van der Waals surface area contributed by atoms with Crippen molar-refractivity contribution >= 4 is 27.6 Å². The van der Waals surface area contributed by atoms with E-state index in [-0.39, 0.29) is 16.9 Å². The van der Waals surface area contributed by atoms with Gasteiger partial charge in [0.05, 0.1) is 28.7 Å². The summed E-state index contributed by atoms with van der Waals surface area (Å²) in [6.07, 6.45) is 0. The number of fused-ring (bicyclic) bond motifs is 4. The molecule has 0 saturated heterocycles. The Kier molecular flexibility index (Phi) is 5.78. The van der Waals surface area contributed by atoms with Crippen molar-refractivity contribution < 1.29 is 4.39 Å². The first-order valence-electron chi connectivity index (χ1n) is 12.3. The first kappa shape index (κ1) is 23.9. The number of para-hydroxylation sites is 2. The molecule has 6 heteroatoms. The number of halogens is 1. The van der Waals surface area contributed by atoms with Crippen LogP contribution in [0.5, 0.6) is 0 Å². The minimum Gasteiger partial charge on any atom is -0.291 e. The molecule has 0 aliphatic heterocycles. The molecule has 0 radical (unpaired) electrons. The Morgan fingerprint density at radius 2 is 1.31 bits per heavy atom. The van der Waals surface area contributed by atoms with E-state index in [2.05, 4.69) is 68.7 Å². The zero-order valence-corrected chi connectivity index (χ0v) is 21.7. The van der Waals surface area contributed by atoms with Crippen LogP contribution in [0.1, 0.15) is 47.1 Å². The Hall–Kier alpha value is -3.80. The molecule has 0 aliphatic rings. The Morgan fingerprint density at radius 3 is 1.97 bits per heavy atom. The predicted molar refractivity (Wildman–Crippen MR) is 144 cm³/mol. The summed E-state index contributed by atoms with van der Waals surface area (Å²) in [7, 11) is 0. The quantitative estimate of drug-likeness (QED) is 0.224. The molecule has 0 saturated carbocycles. The van der Waals surface area contributed by atoms with Gasteiger partial charge in [-0.25, -0.2) is 9.37 Å². The third-order valence-electron chi connectivity index (χ3n) is 5.80. The third kappa shape index (κ3) is 4.68. The molecule has 2 heterocycles. The number of aromatic nitrogens is 3. The van der Waals surface area contributed by atoms with E-state index in [1.165, 1.54) is 12.1 Å². The molecule has 0 bridgehead atoms. The highest BCUT2D eigenvalue weighted by atomic mass is 19.1. The summed E-state index contributed by atoms with van der Waals surface area (Å²) in [4.78, 5) is 15.5. The maximum atomic E-state index is 13.7. The molecular weight excluding hydrogens is 449 g/mol. The van der Waals surface area contributed by atoms with E-state index in [1.807, 2.05) is 42.5 Å². The van der Waals surface area contributed by atoms with Crippen molar-refractivity contribution in [3.8, 4) is 0 Å². The van der Waals surface area contributed by atoms with Gasteiger partial charge in [-0.3, -0.25) is 19.0 Å². The monoisotopic (exact) mass is 481 g/mol. The lowest BCUT2D eigenvalue weighted by molar-refractivity contribution is 0.548. The Balaban J connectivity index is 2.07. The van der Waals surface area contributed by atoms with E-state index >= 15 is 0 Å². The van der Waals surface area contributed by atoms with E-state index in [9.17, 15) is 4.39 Å². The average Bonchev–Trinajstić information content (AvgIpc) is 2.80. The minimum atomic E-state index is -0.318. The summed E-state index contributed by atoms with van der Waals surface area (Å²) in [6, 6.07) is 23.0. The summed E-state index contributed by atoms with van der Waals surface area (Å²) in [5.41, 5.74) is 3.90. The highest BCUT2D eigenvalue weighted by Gasteiger charge is 2.18. The van der Waals surface area contributed by atoms with Crippen LogP contribution in [0.2, 0.25) is 0 Å². The summed E-state index contributed by atoms with van der Waals surface area (Å²) < 4.78 is 18.0. The lowest BCUT2D eigenvalue weighted by Gasteiger charge is -2.21. The number of benzene rings is 3. The van der Waals surface area contributed by atoms with Crippen LogP contribution >= 0.6 is 0 Å². The lowest BCUT2D eigenvalue weighted by atomic mass is 10.1. The van der Waals surface area contributed by atoms with Crippen LogP contribution in [-0.2, 0) is 6.54 Å². The molecule has 0 aliphatic carbocycles. The SMILES string of the molecule is CC(C)(C)N=c1c2ccccc2n2c(=NC(C)(C)C)c3ccccc3nc2n1Cc1ccc(F)cc1. The largest absolute Gasteiger partial charge is 0.291 e. The molecule has 5 aromatic rings. The fraction of sp³-hybridized carbons (Fsp3) is 0.300. The smallest absolute Gasteiger partial charge is 0.218 e. The average molecular weight is 482 g/mol. The Bertz CT molecular complexity index is 1730. The first-order valence-corrected chi connectivity index (χ1v) is 12.3. The normalized spacial score (nSPS) is 13.9. The molecule has 184 valence electrons. The highest BCUT2D eigenvalue weighted by Crippen LogP contribution is 2.18. The van der Waals surface area contributed by atoms with Crippen LogP contribution in [0.3, 0.4) is 0 Å². The predicted octanol–water partition coefficient (Wildman–Crippen LogP) is 6.03. The van der Waals surface area contributed by atoms with Gasteiger partial charge >= 0.3 is 0 Å². The zero-order valence-electron chi connectivity index (χ0n) is 21.7. The molecule has 0 spiro atoms. The number of rotatable bonds is 2. The van der Waals surface area contributed by atoms with Gasteiger partial charge in [-0.1, -0.05) is 36.4 Å². The zero-order chi connectivity index (χ0) is 25.7. The van der Waals surface area contributed by atoms with Crippen molar-refractivity contribution in [1.29, 1.82) is 0 Å². The van der Waals surface area contributed by atoms with E-state index in [0.717, 1.165) is 44.1 Å². The van der Waals surface area contributed by atoms with Gasteiger partial charge < -0.3 is 0 Å². The fourth-order valence-corrected chi connectivity index (χ4v) is 4.42. The molecule has 3 aromatic carbocycles. The Labute approximate surface area is 210 Å². The van der Waals surface area contributed by atoms with E-state index < -0.39 is 0 Å². The van der Waals surface area contributed by atoms with Gasteiger partial charge in [0.25, 0.3) is 0 Å². The van der Waals surface area contributed by atoms with Crippen LogP contribution in [-0.4, -0.2) is 25.0 Å². The lowest BCUT2D eigenvalue weighted by Crippen LogP contribution is -2.34. The van der Waals surface area contributed by atoms with Crippen molar-refractivity contribution in [3.63, 3.8) is 0 Å². The van der Waals surface area contributed by atoms with Crippen molar-refractivity contribution in [1.82, 2.24) is 14.0 Å². The van der Waals surface area contributed by atoms with Crippen molar-refractivity contribution in [3.05, 3.63) is 95.2 Å². The van der Waals surface area contributed by atoms with Crippen LogP contribution < -0.4 is 11.0 Å². The second-order valence-corrected chi connectivity index (χ2v) is 11.2.